The number of halogens is 2. The van der Waals surface area contributed by atoms with Crippen molar-refractivity contribution in [1.82, 2.24) is 10.6 Å². The van der Waals surface area contributed by atoms with Crippen LogP contribution in [0.2, 0.25) is 6.43 Å². The van der Waals surface area contributed by atoms with Crippen molar-refractivity contribution in [3.63, 3.8) is 0 Å². The van der Waals surface area contributed by atoms with Gasteiger partial charge in [-0.15, -0.1) is 0 Å². The number of carbonyl (C=O) groups is 4. The fourth-order valence-corrected chi connectivity index (χ4v) is 2.40. The van der Waals surface area contributed by atoms with E-state index in [9.17, 15) is 23.6 Å². The molecular weight excluding hydrogens is 395 g/mol. The zero-order chi connectivity index (χ0) is 22.3. The van der Waals surface area contributed by atoms with Crippen LogP contribution in [0.15, 0.2) is 24.3 Å². The number of carboxylic acid groups (broad SMARTS) is 2. The van der Waals surface area contributed by atoms with E-state index in [2.05, 4.69) is 5.32 Å². The molecule has 2 amide bonds. The van der Waals surface area contributed by atoms with Gasteiger partial charge in [-0.3, -0.25) is 14.4 Å². The van der Waals surface area contributed by atoms with Crippen LogP contribution in [-0.4, -0.2) is 46.0 Å². The maximum Gasteiger partial charge on any atom is 0.326 e. The normalized spacial score (nSPS) is 14.5. The molecule has 0 saturated carbocycles. The highest BCUT2D eigenvalue weighted by Crippen LogP contribution is 2.20. The van der Waals surface area contributed by atoms with Gasteiger partial charge in [0.25, 0.3) is 5.91 Å². The molecule has 1 aromatic rings. The summed E-state index contributed by atoms with van der Waals surface area (Å²) in [6.45, 7) is 3.00. The molecule has 1 unspecified atom stereocenters. The minimum absolute atomic E-state index is 0.0514. The maximum atomic E-state index is 14.6. The number of rotatable bonds is 10. The smallest absolute Gasteiger partial charge is 0.326 e. The lowest BCUT2D eigenvalue weighted by molar-refractivity contribution is -0.143. The molecule has 8 nitrogen and oxygen atoms in total. The lowest BCUT2D eigenvalue weighted by Gasteiger charge is -2.24. The van der Waals surface area contributed by atoms with Gasteiger partial charge in [-0.1, -0.05) is 37.6 Å². The van der Waals surface area contributed by atoms with E-state index < -0.39 is 54.3 Å². The van der Waals surface area contributed by atoms with Gasteiger partial charge in [0.2, 0.25) is 12.1 Å². The number of alkyl halides is 1. The molecule has 0 aliphatic rings. The first-order valence-corrected chi connectivity index (χ1v) is 8.80. The summed E-state index contributed by atoms with van der Waals surface area (Å²) in [6.07, 6.45) is -3.11. The number of aliphatic carboxylic acids is 2. The Labute approximate surface area is 167 Å². The molecule has 3 atom stereocenters. The van der Waals surface area contributed by atoms with Gasteiger partial charge < -0.3 is 20.8 Å². The van der Waals surface area contributed by atoms with E-state index in [0.717, 1.165) is 0 Å². The molecule has 10 heteroatoms. The summed E-state index contributed by atoms with van der Waals surface area (Å²) in [7, 11) is 0. The highest BCUT2D eigenvalue weighted by Gasteiger charge is 2.31. The van der Waals surface area contributed by atoms with Gasteiger partial charge >= 0.3 is 11.9 Å². The first kappa shape index (κ1) is 21.6. The number of carboxylic acids is 2. The Hall–Kier alpha value is -2.68. The molecule has 1 aromatic carbocycles. The molecule has 0 radical (unpaired) electrons. The first-order chi connectivity index (χ1) is 13.5. The van der Waals surface area contributed by atoms with Gasteiger partial charge in [0.1, 0.15) is 12.1 Å². The van der Waals surface area contributed by atoms with E-state index in [1.165, 1.54) is 38.1 Å². The molecule has 28 heavy (non-hydrogen) atoms. The van der Waals surface area contributed by atoms with Gasteiger partial charge in [0.15, 0.2) is 1.41 Å². The second-order valence-corrected chi connectivity index (χ2v) is 6.84. The predicted molar refractivity (Wildman–Crippen MR) is 98.5 cm³/mol. The van der Waals surface area contributed by atoms with E-state index >= 15 is 0 Å². The van der Waals surface area contributed by atoms with Crippen LogP contribution in [0.1, 0.15) is 38.4 Å². The number of nitrogens with one attached hydrogen (secondary N) is 2. The van der Waals surface area contributed by atoms with Crippen LogP contribution >= 0.6 is 11.6 Å². The van der Waals surface area contributed by atoms with Crippen molar-refractivity contribution in [3.05, 3.63) is 34.9 Å². The Morgan fingerprint density at radius 2 is 1.71 bits per heavy atom. The molecule has 1 rings (SSSR count). The zero-order valence-electron chi connectivity index (χ0n) is 16.3. The molecular formula is C18H22ClFN2O6. The standard InChI is InChI=1S/C18H22ClFN2O6/c1-9(2)15(17(26)21-12(18(27)28)7-8-13(23)24)22-16(25)14(20)10-3-5-11(19)6-4-10/h3-6,9,12,14-15H,7-8H2,1-2H3,(H,21,26)(H,22,25)(H,23,24)(H,27,28)/t12-,14?,15-/m0/s1/i/hD. The van der Waals surface area contributed by atoms with E-state index in [-0.39, 0.29) is 17.3 Å². The van der Waals surface area contributed by atoms with Crippen LogP contribution in [0.5, 0.6) is 0 Å². The Balaban J connectivity index is 2.96. The number of benzene rings is 1. The Morgan fingerprint density at radius 1 is 1.14 bits per heavy atom. The van der Waals surface area contributed by atoms with Crippen LogP contribution < -0.4 is 10.6 Å². The minimum Gasteiger partial charge on any atom is -0.481 e. The highest BCUT2D eigenvalue weighted by atomic mass is 35.5. The van der Waals surface area contributed by atoms with Crippen molar-refractivity contribution in [3.8, 4) is 0 Å². The quantitative estimate of drug-likeness (QED) is 0.459. The number of hydrogen-bond donors (Lipinski definition) is 4. The number of carbonyl (C=O) groups excluding carboxylic acids is 2. The summed E-state index contributed by atoms with van der Waals surface area (Å²) >= 11 is 5.72. The third kappa shape index (κ3) is 7.15. The lowest BCUT2D eigenvalue weighted by Crippen LogP contribution is -2.54. The van der Waals surface area contributed by atoms with Crippen LogP contribution in [0.3, 0.4) is 0 Å². The molecule has 0 aliphatic carbocycles. The average molecular weight is 418 g/mol. The van der Waals surface area contributed by atoms with Crippen LogP contribution in [0.4, 0.5) is 4.39 Å². The monoisotopic (exact) mass is 417 g/mol. The summed E-state index contributed by atoms with van der Waals surface area (Å²) in [6, 6.07) is 2.28. The Bertz CT molecular complexity index is 761. The van der Waals surface area contributed by atoms with Crippen molar-refractivity contribution < 1.29 is 35.2 Å². The Kier molecular flexibility index (Phi) is 8.19. The average Bonchev–Trinajstić information content (AvgIpc) is 2.63. The van der Waals surface area contributed by atoms with E-state index in [1.807, 2.05) is 0 Å². The molecule has 154 valence electrons. The fraction of sp³-hybridized carbons (Fsp3) is 0.444. The second kappa shape index (κ2) is 10.6. The molecule has 0 spiro atoms. The molecule has 0 bridgehead atoms. The van der Waals surface area contributed by atoms with Crippen LogP contribution in [0.25, 0.3) is 0 Å². The van der Waals surface area contributed by atoms with Gasteiger partial charge in [-0.25, -0.2) is 9.18 Å². The van der Waals surface area contributed by atoms with Gasteiger partial charge in [-0.05, 0) is 30.0 Å². The minimum atomic E-state index is -2.22. The number of amides is 2. The molecule has 0 heterocycles. The molecule has 0 aliphatic heterocycles. The van der Waals surface area contributed by atoms with Crippen LogP contribution in [0, 0.1) is 5.92 Å². The fourth-order valence-electron chi connectivity index (χ4n) is 2.27. The molecule has 0 aromatic heterocycles. The highest BCUT2D eigenvalue weighted by molar-refractivity contribution is 6.30. The lowest BCUT2D eigenvalue weighted by atomic mass is 10.0. The van der Waals surface area contributed by atoms with Gasteiger partial charge in [-0.2, -0.15) is 0 Å². The molecule has 0 fully saturated rings. The predicted octanol–water partition coefficient (Wildman–Crippen LogP) is 1.93. The third-order valence-electron chi connectivity index (χ3n) is 3.81. The van der Waals surface area contributed by atoms with Crippen molar-refractivity contribution in [2.24, 2.45) is 5.92 Å². The summed E-state index contributed by atoms with van der Waals surface area (Å²) in [5.74, 6) is -5.66. The largest absolute Gasteiger partial charge is 0.481 e. The summed E-state index contributed by atoms with van der Waals surface area (Å²) in [5.41, 5.74) is -0.0514. The van der Waals surface area contributed by atoms with Crippen molar-refractivity contribution >= 4 is 35.4 Å². The second-order valence-electron chi connectivity index (χ2n) is 6.40. The zero-order valence-corrected chi connectivity index (χ0v) is 16.0. The first-order valence-electron chi connectivity index (χ1n) is 8.86. The summed E-state index contributed by atoms with van der Waals surface area (Å²) in [5, 5.41) is 20.5. The van der Waals surface area contributed by atoms with E-state index in [0.29, 0.717) is 5.02 Å². The maximum absolute atomic E-state index is 14.6. The van der Waals surface area contributed by atoms with Crippen molar-refractivity contribution in [2.75, 3.05) is 0 Å². The Morgan fingerprint density at radius 3 is 2.18 bits per heavy atom. The van der Waals surface area contributed by atoms with E-state index in [1.54, 1.807) is 0 Å². The van der Waals surface area contributed by atoms with Crippen molar-refractivity contribution in [1.29, 1.82) is 0 Å². The number of hydrogen-bond acceptors (Lipinski definition) is 4. The van der Waals surface area contributed by atoms with Crippen LogP contribution in [-0.2, 0) is 19.2 Å². The van der Waals surface area contributed by atoms with E-state index in [4.69, 9.17) is 23.2 Å². The molecule has 4 N–H and O–H groups in total. The molecule has 0 saturated heterocycles. The summed E-state index contributed by atoms with van der Waals surface area (Å²) in [4.78, 5) is 46.8. The van der Waals surface area contributed by atoms with Crippen molar-refractivity contribution in [2.45, 2.75) is 44.9 Å². The SMILES string of the molecule is [2H]N(C(=O)C(F)c1ccc(Cl)cc1)[C@H](C(=O)N[C@@H](CCC(=O)O)C(=O)O)C(C)C. The third-order valence-corrected chi connectivity index (χ3v) is 4.06. The van der Waals surface area contributed by atoms with Gasteiger partial charge in [0.05, 0.1) is 0 Å². The van der Waals surface area contributed by atoms with Gasteiger partial charge in [0, 0.05) is 11.4 Å². The summed E-state index contributed by atoms with van der Waals surface area (Å²) < 4.78 is 22.5. The topological polar surface area (TPSA) is 133 Å².